The van der Waals surface area contributed by atoms with Crippen LogP contribution in [0.4, 0.5) is 10.7 Å². The smallest absolute Gasteiger partial charge is 0.407 e. The molecular weight excluding hydrogens is 677 g/mol. The first-order valence-electron chi connectivity index (χ1n) is 17.6. The van der Waals surface area contributed by atoms with Gasteiger partial charge in [-0.15, -0.1) is 11.3 Å². The highest BCUT2D eigenvalue weighted by Crippen LogP contribution is 2.41. The van der Waals surface area contributed by atoms with Crippen molar-refractivity contribution in [1.29, 1.82) is 0 Å². The Bertz CT molecular complexity index is 2170. The fourth-order valence-corrected chi connectivity index (χ4v) is 8.58. The second kappa shape index (κ2) is 14.6. The van der Waals surface area contributed by atoms with Crippen LogP contribution in [-0.2, 0) is 18.0 Å². The van der Waals surface area contributed by atoms with Crippen LogP contribution in [0.1, 0.15) is 19.3 Å². The Kier molecular flexibility index (Phi) is 9.95. The number of rotatable bonds is 12. The molecule has 1 fully saturated rings. The summed E-state index contributed by atoms with van der Waals surface area (Å²) in [4.78, 5) is 30.2. The van der Waals surface area contributed by atoms with Crippen molar-refractivity contribution < 1.29 is 14.6 Å². The fraction of sp³-hybridized carbons (Fsp3) is 0.395. The maximum atomic E-state index is 11.5. The molecule has 51 heavy (non-hydrogen) atoms. The number of fused-ring (bicyclic) bond motifs is 3. The molecule has 2 aromatic carbocycles. The molecule has 0 atom stereocenters. The lowest BCUT2D eigenvalue weighted by Crippen LogP contribution is -2.37. The van der Waals surface area contributed by atoms with Gasteiger partial charge < -0.3 is 24.2 Å². The third kappa shape index (κ3) is 7.85. The second-order valence-corrected chi connectivity index (χ2v) is 21.7. The van der Waals surface area contributed by atoms with Crippen LogP contribution in [0.2, 0.25) is 25.7 Å². The van der Waals surface area contributed by atoms with E-state index in [1.165, 1.54) is 19.9 Å². The average Bonchev–Trinajstić information content (AvgIpc) is 3.83. The van der Waals surface area contributed by atoms with E-state index in [2.05, 4.69) is 82.8 Å². The van der Waals surface area contributed by atoms with Crippen molar-refractivity contribution in [3.63, 3.8) is 0 Å². The molecule has 5 heterocycles. The van der Waals surface area contributed by atoms with E-state index in [1.807, 2.05) is 36.1 Å². The predicted molar refractivity (Wildman–Crippen MR) is 210 cm³/mol. The van der Waals surface area contributed by atoms with Crippen LogP contribution in [0, 0.1) is 5.92 Å². The summed E-state index contributed by atoms with van der Waals surface area (Å²) in [5.41, 5.74) is 6.03. The van der Waals surface area contributed by atoms with Gasteiger partial charge in [0.2, 0.25) is 0 Å². The normalized spacial score (nSPS) is 14.5. The van der Waals surface area contributed by atoms with Crippen LogP contribution in [0.25, 0.3) is 53.6 Å². The Morgan fingerprint density at radius 3 is 2.65 bits per heavy atom. The topological polar surface area (TPSA) is 114 Å². The van der Waals surface area contributed by atoms with Crippen LogP contribution < -0.4 is 0 Å². The van der Waals surface area contributed by atoms with E-state index in [4.69, 9.17) is 14.8 Å². The van der Waals surface area contributed by atoms with Crippen molar-refractivity contribution in [3.8, 4) is 21.6 Å². The highest BCUT2D eigenvalue weighted by Gasteiger charge is 2.24. The van der Waals surface area contributed by atoms with Crippen LogP contribution in [0.3, 0.4) is 0 Å². The summed E-state index contributed by atoms with van der Waals surface area (Å²) in [6.07, 6.45) is 9.61. The summed E-state index contributed by atoms with van der Waals surface area (Å²) in [5, 5.41) is 16.5. The molecular formula is C38H46N8O3SSi. The first kappa shape index (κ1) is 34.8. The Labute approximate surface area is 303 Å². The summed E-state index contributed by atoms with van der Waals surface area (Å²) in [6.45, 7) is 10.2. The quantitative estimate of drug-likeness (QED) is 0.0582. The van der Waals surface area contributed by atoms with Gasteiger partial charge in [0.1, 0.15) is 12.2 Å². The molecule has 266 valence electrons. The summed E-state index contributed by atoms with van der Waals surface area (Å²) in [5.74, 6) is 0.867. The zero-order chi connectivity index (χ0) is 35.7. The number of hydrogen-bond acceptors (Lipinski definition) is 7. The molecule has 0 radical (unpaired) electrons. The number of aromatic nitrogens is 5. The highest BCUT2D eigenvalue weighted by molar-refractivity contribution is 7.22. The van der Waals surface area contributed by atoms with Crippen molar-refractivity contribution >= 4 is 69.8 Å². The van der Waals surface area contributed by atoms with Gasteiger partial charge in [-0.25, -0.2) is 24.4 Å². The number of thiophene rings is 1. The number of amides is 1. The number of likely N-dealkylation sites (tertiary alicyclic amines) is 1. The minimum atomic E-state index is -1.22. The zero-order valence-electron chi connectivity index (χ0n) is 30.0. The maximum absolute atomic E-state index is 11.5. The number of hydrogen-bond donors (Lipinski definition) is 1. The van der Waals surface area contributed by atoms with E-state index < -0.39 is 14.2 Å². The van der Waals surface area contributed by atoms with E-state index in [0.29, 0.717) is 31.7 Å². The Hall–Kier alpha value is -4.59. The predicted octanol–water partition coefficient (Wildman–Crippen LogP) is 8.64. The van der Waals surface area contributed by atoms with Crippen LogP contribution in [0.15, 0.2) is 66.0 Å². The van der Waals surface area contributed by atoms with E-state index in [1.54, 1.807) is 17.7 Å². The molecule has 0 saturated carbocycles. The average molecular weight is 723 g/mol. The third-order valence-electron chi connectivity index (χ3n) is 9.62. The first-order chi connectivity index (χ1) is 24.5. The minimum Gasteiger partial charge on any atom is -0.465 e. The van der Waals surface area contributed by atoms with E-state index in [9.17, 15) is 9.90 Å². The van der Waals surface area contributed by atoms with Crippen molar-refractivity contribution in [1.82, 2.24) is 34.1 Å². The molecule has 0 unspecified atom stereocenters. The zero-order valence-corrected chi connectivity index (χ0v) is 31.9. The number of benzene rings is 2. The standard InChI is InChI=1S/C38H46N8O3SSi/c1-43(2)24-40-37-39-22-32-35(42-37)31(23-45(32)15-12-26-10-13-44(14-11-26)38(47)48)28-18-29-21-41-46(25-49-16-17-51(3,4)5)36(29)30(19-28)34-20-27-8-6-7-9-33(27)50-34/h6-9,18-24,26H,10-17,25H2,1-5H3,(H,47,48). The largest absolute Gasteiger partial charge is 0.465 e. The van der Waals surface area contributed by atoms with E-state index in [-0.39, 0.29) is 0 Å². The van der Waals surface area contributed by atoms with Gasteiger partial charge >= 0.3 is 6.09 Å². The van der Waals surface area contributed by atoms with E-state index >= 15 is 0 Å². The Balaban J connectivity index is 1.30. The number of carboxylic acid groups (broad SMARTS) is 1. The monoisotopic (exact) mass is 722 g/mol. The lowest BCUT2D eigenvalue weighted by molar-refractivity contribution is 0.0817. The summed E-state index contributed by atoms with van der Waals surface area (Å²) < 4.78 is 11.7. The molecule has 0 aliphatic carbocycles. The van der Waals surface area contributed by atoms with Crippen molar-refractivity contribution in [3.05, 3.63) is 61.1 Å². The van der Waals surface area contributed by atoms with Crippen LogP contribution >= 0.6 is 11.3 Å². The summed E-state index contributed by atoms with van der Waals surface area (Å²) in [7, 11) is 2.63. The lowest BCUT2D eigenvalue weighted by atomic mass is 9.94. The maximum Gasteiger partial charge on any atom is 0.407 e. The van der Waals surface area contributed by atoms with Gasteiger partial charge in [0.15, 0.2) is 0 Å². The number of aryl methyl sites for hydroxylation is 1. The SMILES string of the molecule is CN(C)C=Nc1ncc2c(n1)c(-c1cc(-c3cc4ccccc4s3)c3c(cnn3COCC[Si](C)(C)C)c1)cn2CCC1CCN(C(=O)O)CC1. The fourth-order valence-electron chi connectivity index (χ4n) is 6.74. The first-order valence-corrected chi connectivity index (χ1v) is 22.2. The molecule has 13 heteroatoms. The number of nitrogens with zero attached hydrogens (tertiary/aromatic N) is 8. The van der Waals surface area contributed by atoms with E-state index in [0.717, 1.165) is 77.1 Å². The van der Waals surface area contributed by atoms with Gasteiger partial charge in [-0.3, -0.25) is 0 Å². The Morgan fingerprint density at radius 1 is 1.10 bits per heavy atom. The number of piperidine rings is 1. The Morgan fingerprint density at radius 2 is 1.90 bits per heavy atom. The van der Waals surface area contributed by atoms with Gasteiger partial charge in [-0.2, -0.15) is 5.10 Å². The minimum absolute atomic E-state index is 0.399. The number of ether oxygens (including phenoxy) is 1. The molecule has 0 spiro atoms. The van der Waals surface area contributed by atoms with Gasteiger partial charge in [-0.05, 0) is 66.4 Å². The molecule has 1 N–H and O–H groups in total. The lowest BCUT2D eigenvalue weighted by Gasteiger charge is -2.30. The molecule has 0 bridgehead atoms. The van der Waals surface area contributed by atoms with Gasteiger partial charge in [-0.1, -0.05) is 37.8 Å². The molecule has 1 amide bonds. The second-order valence-electron chi connectivity index (χ2n) is 15.0. The molecule has 1 aliphatic heterocycles. The molecule has 11 nitrogen and oxygen atoms in total. The number of aliphatic imine (C=N–C) groups is 1. The van der Waals surface area contributed by atoms with Gasteiger partial charge in [0.05, 0.1) is 29.8 Å². The van der Waals surface area contributed by atoms with Gasteiger partial charge in [0, 0.05) is 80.7 Å². The molecule has 6 aromatic rings. The highest BCUT2D eigenvalue weighted by atomic mass is 32.1. The van der Waals surface area contributed by atoms with Gasteiger partial charge in [0.25, 0.3) is 5.95 Å². The third-order valence-corrected chi connectivity index (χ3v) is 12.5. The number of carbonyl (C=O) groups is 1. The summed E-state index contributed by atoms with van der Waals surface area (Å²) in [6, 6.07) is 16.4. The summed E-state index contributed by atoms with van der Waals surface area (Å²) >= 11 is 1.79. The van der Waals surface area contributed by atoms with Crippen LogP contribution in [0.5, 0.6) is 0 Å². The van der Waals surface area contributed by atoms with Crippen molar-refractivity contribution in [2.45, 2.75) is 58.2 Å². The molecule has 1 saturated heterocycles. The van der Waals surface area contributed by atoms with Crippen molar-refractivity contribution in [2.24, 2.45) is 10.9 Å². The molecule has 4 aromatic heterocycles. The molecule has 7 rings (SSSR count). The van der Waals surface area contributed by atoms with Crippen LogP contribution in [-0.4, -0.2) is 93.5 Å². The molecule has 1 aliphatic rings. The van der Waals surface area contributed by atoms with Crippen molar-refractivity contribution in [2.75, 3.05) is 33.8 Å².